The van der Waals surface area contributed by atoms with Crippen LogP contribution in [-0.4, -0.2) is 11.5 Å². The third-order valence-corrected chi connectivity index (χ3v) is 3.99. The van der Waals surface area contributed by atoms with Crippen molar-refractivity contribution in [2.24, 2.45) is 5.41 Å². The second kappa shape index (κ2) is 5.50. The van der Waals surface area contributed by atoms with E-state index >= 15 is 0 Å². The van der Waals surface area contributed by atoms with E-state index in [1.807, 2.05) is 0 Å². The fourth-order valence-electron chi connectivity index (χ4n) is 2.66. The Hall–Kier alpha value is -1.46. The van der Waals surface area contributed by atoms with Crippen LogP contribution in [0.25, 0.3) is 0 Å². The number of nitrogens with two attached hydrogens (primary N) is 1. The van der Waals surface area contributed by atoms with Crippen LogP contribution in [0.3, 0.4) is 0 Å². The van der Waals surface area contributed by atoms with Crippen LogP contribution in [-0.2, 0) is 6.18 Å². The number of aromatic nitrogens is 1. The van der Waals surface area contributed by atoms with Crippen LogP contribution in [0.4, 0.5) is 24.5 Å². The molecule has 1 fully saturated rings. The molecule has 0 amide bonds. The Morgan fingerprint density at radius 2 is 1.95 bits per heavy atom. The lowest BCUT2D eigenvalue weighted by atomic mass is 9.76. The highest BCUT2D eigenvalue weighted by Crippen LogP contribution is 2.37. The molecule has 1 aliphatic rings. The Morgan fingerprint density at radius 1 is 1.30 bits per heavy atom. The van der Waals surface area contributed by atoms with E-state index in [-0.39, 0.29) is 11.1 Å². The maximum absolute atomic E-state index is 12.6. The van der Waals surface area contributed by atoms with Gasteiger partial charge in [-0.3, -0.25) is 0 Å². The SMILES string of the molecule is CC1(CNc2cc(C(F)(F)F)ncc2N)CCCCC1. The van der Waals surface area contributed by atoms with E-state index in [1.54, 1.807) is 0 Å². The first-order chi connectivity index (χ1) is 9.30. The van der Waals surface area contributed by atoms with Gasteiger partial charge in [0, 0.05) is 6.54 Å². The number of anilines is 2. The molecule has 1 aliphatic carbocycles. The standard InChI is InChI=1S/C14H20F3N3/c1-13(5-3-2-4-6-13)9-20-11-7-12(14(15,16)17)19-8-10(11)18/h7-8H,2-6,9,18H2,1H3,(H,19,20). The van der Waals surface area contributed by atoms with Crippen molar-refractivity contribution >= 4 is 11.4 Å². The van der Waals surface area contributed by atoms with Gasteiger partial charge in [-0.25, -0.2) is 4.98 Å². The van der Waals surface area contributed by atoms with Gasteiger partial charge in [0.2, 0.25) is 0 Å². The molecule has 0 unspecified atom stereocenters. The number of hydrogen-bond donors (Lipinski definition) is 2. The maximum atomic E-state index is 12.6. The number of halogens is 3. The van der Waals surface area contributed by atoms with Crippen molar-refractivity contribution in [1.29, 1.82) is 0 Å². The summed E-state index contributed by atoms with van der Waals surface area (Å²) in [5.41, 5.74) is 5.48. The van der Waals surface area contributed by atoms with Crippen molar-refractivity contribution in [3.8, 4) is 0 Å². The van der Waals surface area contributed by atoms with E-state index in [0.717, 1.165) is 25.1 Å². The van der Waals surface area contributed by atoms with Crippen LogP contribution in [0.2, 0.25) is 0 Å². The van der Waals surface area contributed by atoms with Crippen molar-refractivity contribution < 1.29 is 13.2 Å². The van der Waals surface area contributed by atoms with Gasteiger partial charge in [-0.1, -0.05) is 26.2 Å². The predicted molar refractivity (Wildman–Crippen MR) is 73.3 cm³/mol. The molecular weight excluding hydrogens is 267 g/mol. The van der Waals surface area contributed by atoms with Gasteiger partial charge >= 0.3 is 6.18 Å². The van der Waals surface area contributed by atoms with Crippen molar-refractivity contribution in [3.63, 3.8) is 0 Å². The first-order valence-electron chi connectivity index (χ1n) is 6.87. The van der Waals surface area contributed by atoms with Crippen LogP contribution in [0, 0.1) is 5.41 Å². The average molecular weight is 287 g/mol. The molecule has 0 aromatic carbocycles. The van der Waals surface area contributed by atoms with Gasteiger partial charge in [0.1, 0.15) is 5.69 Å². The van der Waals surface area contributed by atoms with Gasteiger partial charge in [-0.2, -0.15) is 13.2 Å². The molecule has 6 heteroatoms. The molecule has 0 atom stereocenters. The summed E-state index contributed by atoms with van der Waals surface area (Å²) in [4.78, 5) is 3.33. The fourth-order valence-corrected chi connectivity index (χ4v) is 2.66. The molecule has 2 rings (SSSR count). The van der Waals surface area contributed by atoms with Crippen LogP contribution in [0.1, 0.15) is 44.7 Å². The van der Waals surface area contributed by atoms with Gasteiger partial charge in [0.15, 0.2) is 0 Å². The molecule has 1 heterocycles. The summed E-state index contributed by atoms with van der Waals surface area (Å²) < 4.78 is 37.9. The Labute approximate surface area is 116 Å². The van der Waals surface area contributed by atoms with Crippen LogP contribution >= 0.6 is 0 Å². The predicted octanol–water partition coefficient (Wildman–Crippen LogP) is 4.06. The molecule has 3 N–H and O–H groups in total. The smallest absolute Gasteiger partial charge is 0.396 e. The second-order valence-electron chi connectivity index (χ2n) is 5.88. The minimum Gasteiger partial charge on any atom is -0.396 e. The third-order valence-electron chi connectivity index (χ3n) is 3.99. The summed E-state index contributed by atoms with van der Waals surface area (Å²) in [7, 11) is 0. The number of rotatable bonds is 3. The molecule has 0 saturated heterocycles. The number of nitrogens with zero attached hydrogens (tertiary/aromatic N) is 1. The molecule has 1 aromatic heterocycles. The molecule has 112 valence electrons. The van der Waals surface area contributed by atoms with E-state index in [2.05, 4.69) is 17.2 Å². The normalized spacial score (nSPS) is 18.8. The van der Waals surface area contributed by atoms with E-state index < -0.39 is 11.9 Å². The lowest BCUT2D eigenvalue weighted by Gasteiger charge is -2.34. The quantitative estimate of drug-likeness (QED) is 0.881. The molecule has 0 spiro atoms. The van der Waals surface area contributed by atoms with Crippen molar-refractivity contribution in [2.45, 2.75) is 45.2 Å². The second-order valence-corrected chi connectivity index (χ2v) is 5.88. The van der Waals surface area contributed by atoms with E-state index in [4.69, 9.17) is 5.73 Å². The van der Waals surface area contributed by atoms with Gasteiger partial charge in [0.25, 0.3) is 0 Å². The molecule has 0 radical (unpaired) electrons. The first kappa shape index (κ1) is 14.9. The third kappa shape index (κ3) is 3.55. The maximum Gasteiger partial charge on any atom is 0.433 e. The van der Waals surface area contributed by atoms with Gasteiger partial charge in [-0.15, -0.1) is 0 Å². The molecule has 3 nitrogen and oxygen atoms in total. The first-order valence-corrected chi connectivity index (χ1v) is 6.87. The largest absolute Gasteiger partial charge is 0.433 e. The summed E-state index contributed by atoms with van der Waals surface area (Å²) in [6.45, 7) is 2.81. The summed E-state index contributed by atoms with van der Waals surface area (Å²) >= 11 is 0. The number of nitrogens with one attached hydrogen (secondary N) is 1. The zero-order valence-electron chi connectivity index (χ0n) is 11.6. The summed E-state index contributed by atoms with van der Waals surface area (Å²) in [5, 5.41) is 3.07. The average Bonchev–Trinajstić information content (AvgIpc) is 2.37. The Morgan fingerprint density at radius 3 is 2.55 bits per heavy atom. The molecule has 1 saturated carbocycles. The van der Waals surface area contributed by atoms with Crippen molar-refractivity contribution in [2.75, 3.05) is 17.6 Å². The summed E-state index contributed by atoms with van der Waals surface area (Å²) in [6.07, 6.45) is 2.41. The Balaban J connectivity index is 2.09. The van der Waals surface area contributed by atoms with Gasteiger partial charge in [0.05, 0.1) is 17.6 Å². The Kier molecular flexibility index (Phi) is 4.11. The number of nitrogen functional groups attached to an aromatic ring is 1. The monoisotopic (exact) mass is 287 g/mol. The molecule has 20 heavy (non-hydrogen) atoms. The molecule has 0 bridgehead atoms. The Bertz CT molecular complexity index is 465. The van der Waals surface area contributed by atoms with Gasteiger partial charge < -0.3 is 11.1 Å². The highest BCUT2D eigenvalue weighted by atomic mass is 19.4. The number of alkyl halides is 3. The minimum atomic E-state index is -4.45. The lowest BCUT2D eigenvalue weighted by Crippen LogP contribution is -2.29. The summed E-state index contributed by atoms with van der Waals surface area (Å²) in [5.74, 6) is 0. The van der Waals surface area contributed by atoms with E-state index in [1.165, 1.54) is 19.3 Å². The van der Waals surface area contributed by atoms with E-state index in [0.29, 0.717) is 12.2 Å². The number of hydrogen-bond acceptors (Lipinski definition) is 3. The molecular formula is C14H20F3N3. The highest BCUT2D eigenvalue weighted by molar-refractivity contribution is 5.65. The van der Waals surface area contributed by atoms with Crippen molar-refractivity contribution in [3.05, 3.63) is 18.0 Å². The number of pyridine rings is 1. The zero-order valence-corrected chi connectivity index (χ0v) is 11.6. The van der Waals surface area contributed by atoms with Crippen LogP contribution in [0.15, 0.2) is 12.3 Å². The summed E-state index contributed by atoms with van der Waals surface area (Å²) in [6, 6.07) is 0.988. The molecule has 0 aliphatic heterocycles. The van der Waals surface area contributed by atoms with Gasteiger partial charge in [-0.05, 0) is 24.3 Å². The zero-order chi connectivity index (χ0) is 14.8. The van der Waals surface area contributed by atoms with Crippen LogP contribution in [0.5, 0.6) is 0 Å². The highest BCUT2D eigenvalue weighted by Gasteiger charge is 2.33. The lowest BCUT2D eigenvalue weighted by molar-refractivity contribution is -0.141. The topological polar surface area (TPSA) is 50.9 Å². The van der Waals surface area contributed by atoms with Crippen LogP contribution < -0.4 is 11.1 Å². The fraction of sp³-hybridized carbons (Fsp3) is 0.643. The van der Waals surface area contributed by atoms with E-state index in [9.17, 15) is 13.2 Å². The minimum absolute atomic E-state index is 0.131. The molecule has 1 aromatic rings. The van der Waals surface area contributed by atoms with Crippen molar-refractivity contribution in [1.82, 2.24) is 4.98 Å².